The van der Waals surface area contributed by atoms with Crippen LogP contribution in [0.3, 0.4) is 0 Å². The minimum atomic E-state index is -1.49. The zero-order valence-electron chi connectivity index (χ0n) is 18.7. The number of aliphatic hydroxyl groups excluding tert-OH is 1. The molecule has 4 N–H and O–H groups in total. The highest BCUT2D eigenvalue weighted by Gasteiger charge is 2.65. The van der Waals surface area contributed by atoms with E-state index in [0.717, 1.165) is 24.0 Å². The third-order valence-corrected chi connectivity index (χ3v) is 7.52. The lowest BCUT2D eigenvalue weighted by Gasteiger charge is -2.19. The van der Waals surface area contributed by atoms with Gasteiger partial charge in [-0.15, -0.1) is 0 Å². The van der Waals surface area contributed by atoms with Crippen molar-refractivity contribution >= 4 is 18.0 Å². The van der Waals surface area contributed by atoms with Gasteiger partial charge in [0, 0.05) is 24.9 Å². The second-order valence-electron chi connectivity index (χ2n) is 9.56. The number of aliphatic hydroxyl groups is 1. The van der Waals surface area contributed by atoms with E-state index in [2.05, 4.69) is 34.9 Å². The van der Waals surface area contributed by atoms with Gasteiger partial charge in [-0.2, -0.15) is 0 Å². The van der Waals surface area contributed by atoms with Crippen LogP contribution in [0.25, 0.3) is 11.1 Å². The molecule has 2 aromatic rings. The third-order valence-electron chi connectivity index (χ3n) is 7.52. The van der Waals surface area contributed by atoms with Crippen molar-refractivity contribution < 1.29 is 29.3 Å². The molecule has 0 radical (unpaired) electrons. The number of rotatable bonds is 8. The molecule has 2 fully saturated rings. The lowest BCUT2D eigenvalue weighted by Crippen LogP contribution is -2.39. The summed E-state index contributed by atoms with van der Waals surface area (Å²) < 4.78 is 5.62. The first kappa shape index (κ1) is 22.4. The number of carboxylic acid groups (broad SMARTS) is 1. The topological polar surface area (TPSA) is 125 Å². The van der Waals surface area contributed by atoms with Crippen molar-refractivity contribution in [2.24, 2.45) is 11.3 Å². The Labute approximate surface area is 197 Å². The van der Waals surface area contributed by atoms with E-state index in [-0.39, 0.29) is 43.4 Å². The molecule has 0 bridgehead atoms. The molecule has 4 atom stereocenters. The summed E-state index contributed by atoms with van der Waals surface area (Å²) in [7, 11) is 0. The largest absolute Gasteiger partial charge is 0.479 e. The van der Waals surface area contributed by atoms with Crippen LogP contribution in [0.1, 0.15) is 42.7 Å². The predicted molar refractivity (Wildman–Crippen MR) is 123 cm³/mol. The quantitative estimate of drug-likeness (QED) is 0.476. The van der Waals surface area contributed by atoms with Crippen molar-refractivity contribution in [1.82, 2.24) is 10.6 Å². The average Bonchev–Trinajstić information content (AvgIpc) is 3.26. The van der Waals surface area contributed by atoms with E-state index in [1.165, 1.54) is 11.1 Å². The fraction of sp³-hybridized carbons (Fsp3) is 0.423. The Bertz CT molecular complexity index is 1090. The highest BCUT2D eigenvalue weighted by Crippen LogP contribution is 2.63. The molecule has 178 valence electrons. The van der Waals surface area contributed by atoms with E-state index in [4.69, 9.17) is 9.84 Å². The first-order valence-electron chi connectivity index (χ1n) is 11.7. The summed E-state index contributed by atoms with van der Waals surface area (Å²) in [5.41, 5.74) is 4.15. The summed E-state index contributed by atoms with van der Waals surface area (Å²) in [6.45, 7) is 0.346. The van der Waals surface area contributed by atoms with Gasteiger partial charge in [0.2, 0.25) is 5.91 Å². The number of fused-ring (bicyclic) bond motifs is 4. The number of ether oxygens (including phenoxy) is 1. The Morgan fingerprint density at radius 3 is 2.32 bits per heavy atom. The summed E-state index contributed by atoms with van der Waals surface area (Å²) in [5, 5.41) is 23.7. The Kier molecular flexibility index (Phi) is 5.77. The second-order valence-corrected chi connectivity index (χ2v) is 9.56. The highest BCUT2D eigenvalue weighted by molar-refractivity contribution is 5.87. The number of benzene rings is 2. The van der Waals surface area contributed by atoms with Crippen molar-refractivity contribution in [3.8, 4) is 11.1 Å². The maximum Gasteiger partial charge on any atom is 0.407 e. The smallest absolute Gasteiger partial charge is 0.407 e. The number of carboxylic acids is 1. The number of amides is 2. The first-order chi connectivity index (χ1) is 16.4. The Balaban J connectivity index is 1.12. The lowest BCUT2D eigenvalue weighted by atomic mass is 9.98. The van der Waals surface area contributed by atoms with Crippen LogP contribution in [-0.4, -0.2) is 53.5 Å². The van der Waals surface area contributed by atoms with Crippen LogP contribution in [0.5, 0.6) is 0 Å². The number of hydrogen-bond acceptors (Lipinski definition) is 5. The van der Waals surface area contributed by atoms with E-state index in [1.54, 1.807) is 0 Å². The molecule has 2 aromatic carbocycles. The van der Waals surface area contributed by atoms with Crippen LogP contribution in [0.4, 0.5) is 4.79 Å². The molecule has 1 unspecified atom stereocenters. The molecule has 0 saturated heterocycles. The van der Waals surface area contributed by atoms with Crippen LogP contribution in [0, 0.1) is 11.3 Å². The SMILES string of the molecule is O=C(N[C@@H]1C[C@H]2C[C@@]2(C(=O)NCCC(O)C(=O)O)C1)OCC1c2ccccc2-c2ccccc21. The van der Waals surface area contributed by atoms with Crippen molar-refractivity contribution in [3.63, 3.8) is 0 Å². The second kappa shape index (κ2) is 8.76. The highest BCUT2D eigenvalue weighted by atomic mass is 16.5. The summed E-state index contributed by atoms with van der Waals surface area (Å²) >= 11 is 0. The van der Waals surface area contributed by atoms with Crippen molar-refractivity contribution in [2.75, 3.05) is 13.2 Å². The molecule has 0 aromatic heterocycles. The molecule has 3 aliphatic carbocycles. The normalized spacial score (nSPS) is 25.0. The molecule has 34 heavy (non-hydrogen) atoms. The van der Waals surface area contributed by atoms with Gasteiger partial charge in [-0.25, -0.2) is 9.59 Å². The summed E-state index contributed by atoms with van der Waals surface area (Å²) in [6, 6.07) is 16.2. The number of nitrogens with one attached hydrogen (secondary N) is 2. The maximum atomic E-state index is 12.6. The fourth-order valence-electron chi connectivity index (χ4n) is 5.72. The monoisotopic (exact) mass is 464 g/mol. The minimum absolute atomic E-state index is 0.00611. The zero-order valence-corrected chi connectivity index (χ0v) is 18.7. The zero-order chi connectivity index (χ0) is 23.9. The van der Waals surface area contributed by atoms with Crippen LogP contribution >= 0.6 is 0 Å². The standard InChI is InChI=1S/C26H28N2O6/c29-22(23(30)31)9-10-27-24(32)26-12-15(26)11-16(13-26)28-25(33)34-14-21-19-7-3-1-5-17(19)18-6-2-4-8-20(18)21/h1-8,15-16,21-22,29H,9-14H2,(H,27,32)(H,28,33)(H,30,31)/t15-,16+,22?,26+/m0/s1. The summed E-state index contributed by atoms with van der Waals surface area (Å²) in [5.74, 6) is -1.24. The van der Waals surface area contributed by atoms with Gasteiger partial charge in [-0.3, -0.25) is 4.79 Å². The van der Waals surface area contributed by atoms with Gasteiger partial charge in [-0.05, 0) is 47.4 Å². The summed E-state index contributed by atoms with van der Waals surface area (Å²) in [4.78, 5) is 35.9. The number of alkyl carbamates (subject to hydrolysis) is 1. The Morgan fingerprint density at radius 1 is 1.03 bits per heavy atom. The van der Waals surface area contributed by atoms with Gasteiger partial charge in [0.25, 0.3) is 0 Å². The minimum Gasteiger partial charge on any atom is -0.479 e. The van der Waals surface area contributed by atoms with Crippen LogP contribution < -0.4 is 10.6 Å². The molecule has 3 aliphatic rings. The molecule has 0 heterocycles. The number of hydrogen-bond donors (Lipinski definition) is 4. The first-order valence-corrected chi connectivity index (χ1v) is 11.7. The van der Waals surface area contributed by atoms with Crippen LogP contribution in [0.2, 0.25) is 0 Å². The molecule has 8 heteroatoms. The Morgan fingerprint density at radius 2 is 1.68 bits per heavy atom. The third kappa shape index (κ3) is 4.03. The maximum absolute atomic E-state index is 12.6. The summed E-state index contributed by atoms with van der Waals surface area (Å²) in [6.07, 6.45) is 0.0180. The number of carbonyl (C=O) groups is 3. The molecular formula is C26H28N2O6. The van der Waals surface area contributed by atoms with E-state index >= 15 is 0 Å². The molecule has 0 aliphatic heterocycles. The van der Waals surface area contributed by atoms with Gasteiger partial charge < -0.3 is 25.6 Å². The van der Waals surface area contributed by atoms with Gasteiger partial charge in [-0.1, -0.05) is 48.5 Å². The predicted octanol–water partition coefficient (Wildman–Crippen LogP) is 2.65. The van der Waals surface area contributed by atoms with Gasteiger partial charge in [0.15, 0.2) is 6.10 Å². The van der Waals surface area contributed by atoms with Crippen molar-refractivity contribution in [1.29, 1.82) is 0 Å². The van der Waals surface area contributed by atoms with E-state index in [0.29, 0.717) is 6.42 Å². The lowest BCUT2D eigenvalue weighted by molar-refractivity contribution is -0.147. The molecule has 2 saturated carbocycles. The molecule has 2 amide bonds. The Hall–Kier alpha value is -3.39. The fourth-order valence-corrected chi connectivity index (χ4v) is 5.72. The van der Waals surface area contributed by atoms with Crippen LogP contribution in [0.15, 0.2) is 48.5 Å². The molecule has 0 spiro atoms. The van der Waals surface area contributed by atoms with E-state index in [1.807, 2.05) is 24.3 Å². The van der Waals surface area contributed by atoms with Gasteiger partial charge in [0.1, 0.15) is 6.61 Å². The van der Waals surface area contributed by atoms with Crippen LogP contribution in [-0.2, 0) is 14.3 Å². The van der Waals surface area contributed by atoms with Crippen molar-refractivity contribution in [2.45, 2.75) is 43.7 Å². The number of aliphatic carboxylic acids is 1. The molecular weight excluding hydrogens is 436 g/mol. The number of carbonyl (C=O) groups excluding carboxylic acids is 2. The van der Waals surface area contributed by atoms with Crippen molar-refractivity contribution in [3.05, 3.63) is 59.7 Å². The van der Waals surface area contributed by atoms with Gasteiger partial charge in [0.05, 0.1) is 5.41 Å². The average molecular weight is 465 g/mol. The molecule has 5 rings (SSSR count). The van der Waals surface area contributed by atoms with E-state index < -0.39 is 23.6 Å². The van der Waals surface area contributed by atoms with E-state index in [9.17, 15) is 19.5 Å². The molecule has 8 nitrogen and oxygen atoms in total. The van der Waals surface area contributed by atoms with Gasteiger partial charge >= 0.3 is 12.1 Å².